The van der Waals surface area contributed by atoms with Gasteiger partial charge in [-0.15, -0.1) is 0 Å². The molecule has 0 aliphatic rings. The van der Waals surface area contributed by atoms with Crippen molar-refractivity contribution in [2.75, 3.05) is 7.11 Å². The Morgan fingerprint density at radius 1 is 1.21 bits per heavy atom. The van der Waals surface area contributed by atoms with Crippen LogP contribution in [-0.2, 0) is 0 Å². The van der Waals surface area contributed by atoms with Crippen molar-refractivity contribution in [3.05, 3.63) is 35.7 Å². The van der Waals surface area contributed by atoms with Gasteiger partial charge in [0, 0.05) is 10.5 Å². The van der Waals surface area contributed by atoms with Crippen LogP contribution in [0.1, 0.15) is 0 Å². The van der Waals surface area contributed by atoms with E-state index < -0.39 is 5.76 Å². The number of nitrogens with zero attached hydrogens (tertiary/aromatic N) is 2. The zero-order chi connectivity index (χ0) is 13.8. The van der Waals surface area contributed by atoms with Gasteiger partial charge in [0.2, 0.25) is 0 Å². The Bertz CT molecular complexity index is 566. The summed E-state index contributed by atoms with van der Waals surface area (Å²) in [6.07, 6.45) is 1.32. The molecule has 0 unspecified atom stereocenters. The van der Waals surface area contributed by atoms with E-state index in [9.17, 15) is 8.78 Å². The third kappa shape index (κ3) is 3.33. The fourth-order valence-electron chi connectivity index (χ4n) is 1.53. The highest BCUT2D eigenvalue weighted by molar-refractivity contribution is 7.99. The molecule has 100 valence electrons. The minimum absolute atomic E-state index is 0.207. The fraction of sp³-hybridized carbons (Fsp3) is 0.167. The van der Waals surface area contributed by atoms with E-state index in [2.05, 4.69) is 9.97 Å². The van der Waals surface area contributed by atoms with Gasteiger partial charge in [0.05, 0.1) is 7.11 Å². The van der Waals surface area contributed by atoms with E-state index in [0.717, 1.165) is 5.56 Å². The fourth-order valence-corrected chi connectivity index (χ4v) is 2.24. The number of benzene rings is 1. The van der Waals surface area contributed by atoms with Crippen molar-refractivity contribution < 1.29 is 13.5 Å². The zero-order valence-corrected chi connectivity index (χ0v) is 11.4. The van der Waals surface area contributed by atoms with E-state index >= 15 is 0 Å². The van der Waals surface area contributed by atoms with Crippen LogP contribution in [0.25, 0.3) is 11.3 Å². The third-order valence-electron chi connectivity index (χ3n) is 2.32. The highest BCUT2D eigenvalue weighted by Gasteiger charge is 2.12. The molecule has 0 N–H and O–H groups in total. The van der Waals surface area contributed by atoms with Crippen molar-refractivity contribution in [2.24, 2.45) is 0 Å². The SMILES string of the molecule is COc1c(Cl)ncnc1-c1ccc(SC(F)F)cc1. The molecule has 1 aromatic heterocycles. The summed E-state index contributed by atoms with van der Waals surface area (Å²) >= 11 is 6.39. The number of methoxy groups -OCH3 is 1. The number of halogens is 3. The number of hydrogen-bond acceptors (Lipinski definition) is 4. The van der Waals surface area contributed by atoms with E-state index in [1.165, 1.54) is 13.4 Å². The molecule has 0 amide bonds. The molecule has 0 saturated heterocycles. The molecule has 7 heteroatoms. The van der Waals surface area contributed by atoms with Crippen LogP contribution in [0.4, 0.5) is 8.78 Å². The Kier molecular flexibility index (Phi) is 4.55. The molecule has 0 spiro atoms. The molecule has 0 atom stereocenters. The highest BCUT2D eigenvalue weighted by atomic mass is 35.5. The van der Waals surface area contributed by atoms with Crippen LogP contribution in [-0.4, -0.2) is 22.8 Å². The summed E-state index contributed by atoms with van der Waals surface area (Å²) in [4.78, 5) is 8.40. The molecular weight excluding hydrogens is 294 g/mol. The van der Waals surface area contributed by atoms with Crippen molar-refractivity contribution in [2.45, 2.75) is 10.7 Å². The molecule has 2 aromatic rings. The van der Waals surface area contributed by atoms with Crippen molar-refractivity contribution in [3.63, 3.8) is 0 Å². The molecule has 0 fully saturated rings. The number of hydrogen-bond donors (Lipinski definition) is 0. The smallest absolute Gasteiger partial charge is 0.288 e. The monoisotopic (exact) mass is 302 g/mol. The van der Waals surface area contributed by atoms with Gasteiger partial charge in [0.15, 0.2) is 10.9 Å². The number of ether oxygens (including phenoxy) is 1. The Morgan fingerprint density at radius 2 is 1.89 bits per heavy atom. The summed E-state index contributed by atoms with van der Waals surface area (Å²) in [7, 11) is 1.47. The van der Waals surface area contributed by atoms with E-state index in [1.54, 1.807) is 24.3 Å². The molecule has 0 aliphatic carbocycles. The van der Waals surface area contributed by atoms with Crippen LogP contribution in [0.5, 0.6) is 5.75 Å². The molecule has 19 heavy (non-hydrogen) atoms. The van der Waals surface area contributed by atoms with E-state index in [1.807, 2.05) is 0 Å². The standard InChI is InChI=1S/C12H9ClF2N2OS/c1-18-10-9(16-6-17-11(10)13)7-2-4-8(5-3-7)19-12(14)15/h2-6,12H,1H3. The van der Waals surface area contributed by atoms with Crippen molar-refractivity contribution in [1.82, 2.24) is 9.97 Å². The second-order valence-corrected chi connectivity index (χ2v) is 4.87. The Morgan fingerprint density at radius 3 is 2.47 bits per heavy atom. The van der Waals surface area contributed by atoms with Crippen molar-refractivity contribution in [3.8, 4) is 17.0 Å². The lowest BCUT2D eigenvalue weighted by molar-refractivity contribution is 0.252. The van der Waals surface area contributed by atoms with Crippen molar-refractivity contribution in [1.29, 1.82) is 0 Å². The maximum atomic E-state index is 12.2. The van der Waals surface area contributed by atoms with Gasteiger partial charge in [-0.25, -0.2) is 9.97 Å². The first-order valence-electron chi connectivity index (χ1n) is 5.21. The Hall–Kier alpha value is -1.40. The van der Waals surface area contributed by atoms with E-state index in [4.69, 9.17) is 16.3 Å². The summed E-state index contributed by atoms with van der Waals surface area (Å²) in [5, 5.41) is 0.207. The maximum absolute atomic E-state index is 12.2. The molecular formula is C12H9ClF2N2OS. The maximum Gasteiger partial charge on any atom is 0.288 e. The summed E-state index contributed by atoms with van der Waals surface area (Å²) in [6, 6.07) is 6.57. The highest BCUT2D eigenvalue weighted by Crippen LogP contribution is 2.34. The zero-order valence-electron chi connectivity index (χ0n) is 9.81. The quantitative estimate of drug-likeness (QED) is 0.628. The van der Waals surface area contributed by atoms with Crippen LogP contribution in [0.2, 0.25) is 5.15 Å². The average Bonchev–Trinajstić information content (AvgIpc) is 2.38. The van der Waals surface area contributed by atoms with E-state index in [-0.39, 0.29) is 5.15 Å². The lowest BCUT2D eigenvalue weighted by Crippen LogP contribution is -1.94. The Balaban J connectivity index is 2.35. The molecule has 0 saturated carbocycles. The topological polar surface area (TPSA) is 35.0 Å². The average molecular weight is 303 g/mol. The third-order valence-corrected chi connectivity index (χ3v) is 3.31. The lowest BCUT2D eigenvalue weighted by Gasteiger charge is -2.08. The van der Waals surface area contributed by atoms with Gasteiger partial charge in [-0.2, -0.15) is 8.78 Å². The largest absolute Gasteiger partial charge is 0.491 e. The van der Waals surface area contributed by atoms with Gasteiger partial charge in [-0.1, -0.05) is 35.5 Å². The minimum atomic E-state index is -2.44. The van der Waals surface area contributed by atoms with Crippen LogP contribution < -0.4 is 4.74 Å². The molecule has 2 rings (SSSR count). The molecule has 3 nitrogen and oxygen atoms in total. The van der Waals surface area contributed by atoms with Gasteiger partial charge in [-0.05, 0) is 12.1 Å². The van der Waals surface area contributed by atoms with Crippen LogP contribution in [0.15, 0.2) is 35.5 Å². The van der Waals surface area contributed by atoms with Gasteiger partial charge in [0.1, 0.15) is 12.0 Å². The van der Waals surface area contributed by atoms with E-state index in [0.29, 0.717) is 28.1 Å². The van der Waals surface area contributed by atoms with Gasteiger partial charge >= 0.3 is 0 Å². The molecule has 0 aliphatic heterocycles. The second kappa shape index (κ2) is 6.16. The Labute approximate surface area is 118 Å². The summed E-state index contributed by atoms with van der Waals surface area (Å²) in [5.41, 5.74) is 1.25. The number of aromatic nitrogens is 2. The van der Waals surface area contributed by atoms with Crippen molar-refractivity contribution >= 4 is 23.4 Å². The first-order valence-corrected chi connectivity index (χ1v) is 6.47. The molecule has 1 aromatic carbocycles. The summed E-state index contributed by atoms with van der Waals surface area (Å²) in [5.74, 6) is -2.08. The summed E-state index contributed by atoms with van der Waals surface area (Å²) < 4.78 is 29.6. The van der Waals surface area contributed by atoms with Gasteiger partial charge < -0.3 is 4.74 Å². The number of thioether (sulfide) groups is 1. The number of rotatable bonds is 4. The second-order valence-electron chi connectivity index (χ2n) is 3.45. The minimum Gasteiger partial charge on any atom is -0.491 e. The molecule has 0 bridgehead atoms. The summed E-state index contributed by atoms with van der Waals surface area (Å²) in [6.45, 7) is 0. The normalized spacial score (nSPS) is 10.8. The van der Waals surface area contributed by atoms with Gasteiger partial charge in [0.25, 0.3) is 5.76 Å². The predicted molar refractivity (Wildman–Crippen MR) is 70.9 cm³/mol. The van der Waals surface area contributed by atoms with Crippen LogP contribution in [0, 0.1) is 0 Å². The number of alkyl halides is 2. The first-order chi connectivity index (χ1) is 9.11. The van der Waals surface area contributed by atoms with Crippen LogP contribution >= 0.6 is 23.4 Å². The van der Waals surface area contributed by atoms with Crippen LogP contribution in [0.3, 0.4) is 0 Å². The molecule has 1 heterocycles. The van der Waals surface area contributed by atoms with Gasteiger partial charge in [-0.3, -0.25) is 0 Å². The molecule has 0 radical (unpaired) electrons. The first kappa shape index (κ1) is 14.0. The lowest BCUT2D eigenvalue weighted by atomic mass is 10.1. The predicted octanol–water partition coefficient (Wildman–Crippen LogP) is 4.12.